The summed E-state index contributed by atoms with van der Waals surface area (Å²) in [5, 5.41) is 12.5. The summed E-state index contributed by atoms with van der Waals surface area (Å²) in [6.07, 6.45) is 3.29. The molecule has 0 unspecified atom stereocenters. The monoisotopic (exact) mass is 350 g/mol. The van der Waals surface area contributed by atoms with Gasteiger partial charge >= 0.3 is 5.97 Å². The van der Waals surface area contributed by atoms with Crippen LogP contribution in [0.25, 0.3) is 28.1 Å². The number of fused-ring (bicyclic) bond motifs is 3. The molecule has 0 saturated carbocycles. The Morgan fingerprint density at radius 1 is 1.23 bits per heavy atom. The van der Waals surface area contributed by atoms with E-state index in [0.29, 0.717) is 36.4 Å². The zero-order chi connectivity index (χ0) is 18.1. The second-order valence-corrected chi connectivity index (χ2v) is 6.12. The van der Waals surface area contributed by atoms with Crippen LogP contribution in [0, 0.1) is 6.92 Å². The van der Waals surface area contributed by atoms with Crippen LogP contribution < -0.4 is 0 Å². The first-order valence-corrected chi connectivity index (χ1v) is 8.38. The van der Waals surface area contributed by atoms with E-state index in [2.05, 4.69) is 20.3 Å². The van der Waals surface area contributed by atoms with Crippen molar-refractivity contribution in [2.45, 2.75) is 26.2 Å². The van der Waals surface area contributed by atoms with Gasteiger partial charge in [0.2, 0.25) is 0 Å². The minimum absolute atomic E-state index is 0.235. The van der Waals surface area contributed by atoms with Gasteiger partial charge in [0.1, 0.15) is 5.82 Å². The summed E-state index contributed by atoms with van der Waals surface area (Å²) in [7, 11) is 1.39. The molecule has 0 aliphatic carbocycles. The molecule has 132 valence electrons. The maximum Gasteiger partial charge on any atom is 0.305 e. The number of H-pyrrole nitrogens is 1. The number of aryl methyl sites for hydroxylation is 2. The quantitative estimate of drug-likeness (QED) is 0.555. The summed E-state index contributed by atoms with van der Waals surface area (Å²) in [5.41, 5.74) is 3.41. The van der Waals surface area contributed by atoms with Crippen LogP contribution in [0.3, 0.4) is 0 Å². The summed E-state index contributed by atoms with van der Waals surface area (Å²) in [6, 6.07) is 8.07. The van der Waals surface area contributed by atoms with Gasteiger partial charge in [-0.05, 0) is 13.3 Å². The van der Waals surface area contributed by atoms with Crippen molar-refractivity contribution in [3.05, 3.63) is 41.9 Å². The zero-order valence-electron chi connectivity index (χ0n) is 14.6. The number of rotatable bonds is 5. The smallest absolute Gasteiger partial charge is 0.305 e. The van der Waals surface area contributed by atoms with Crippen molar-refractivity contribution in [3.8, 4) is 11.4 Å². The molecule has 3 aromatic heterocycles. The largest absolute Gasteiger partial charge is 0.469 e. The number of esters is 1. The molecule has 0 bridgehead atoms. The van der Waals surface area contributed by atoms with Crippen LogP contribution >= 0.6 is 0 Å². The highest BCUT2D eigenvalue weighted by Crippen LogP contribution is 2.22. The fourth-order valence-electron chi connectivity index (χ4n) is 2.85. The van der Waals surface area contributed by atoms with Crippen LogP contribution in [0.15, 0.2) is 30.5 Å². The molecule has 0 aliphatic heterocycles. The van der Waals surface area contributed by atoms with Gasteiger partial charge < -0.3 is 4.74 Å². The molecule has 4 rings (SSSR count). The Morgan fingerprint density at radius 3 is 2.81 bits per heavy atom. The first-order valence-electron chi connectivity index (χ1n) is 8.38. The Morgan fingerprint density at radius 2 is 2.04 bits per heavy atom. The molecule has 0 spiro atoms. The summed E-state index contributed by atoms with van der Waals surface area (Å²) in [6.45, 7) is 2.04. The van der Waals surface area contributed by atoms with Crippen molar-refractivity contribution in [1.82, 2.24) is 29.8 Å². The number of ether oxygens (including phenoxy) is 1. The number of methoxy groups -OCH3 is 1. The molecule has 3 heterocycles. The van der Waals surface area contributed by atoms with E-state index in [1.165, 1.54) is 12.7 Å². The summed E-state index contributed by atoms with van der Waals surface area (Å²) >= 11 is 0. The van der Waals surface area contributed by atoms with Crippen molar-refractivity contribution in [1.29, 1.82) is 0 Å². The Hall–Kier alpha value is -3.29. The summed E-state index contributed by atoms with van der Waals surface area (Å²) in [4.78, 5) is 20.6. The molecule has 8 nitrogen and oxygen atoms in total. The molecular formula is C18H18N6O2. The van der Waals surface area contributed by atoms with Crippen LogP contribution in [0.1, 0.15) is 24.2 Å². The molecule has 0 radical (unpaired) electrons. The highest BCUT2D eigenvalue weighted by atomic mass is 16.5. The van der Waals surface area contributed by atoms with Gasteiger partial charge in [-0.15, -0.1) is 5.10 Å². The second-order valence-electron chi connectivity index (χ2n) is 6.12. The van der Waals surface area contributed by atoms with Gasteiger partial charge in [0.15, 0.2) is 17.1 Å². The van der Waals surface area contributed by atoms with E-state index in [1.807, 2.05) is 31.2 Å². The standard InChI is InChI=1S/C18H18N6O2/c1-11-6-8-12(9-7-11)16-21-18-13-10-19-22-17(13)20-14(24(18)23-16)4-3-5-15(25)26-2/h6-10H,3-5H2,1-2H3,(H,19,22). The average Bonchev–Trinajstić information content (AvgIpc) is 3.28. The maximum absolute atomic E-state index is 11.4. The zero-order valence-corrected chi connectivity index (χ0v) is 14.6. The molecule has 0 fully saturated rings. The van der Waals surface area contributed by atoms with E-state index in [9.17, 15) is 4.79 Å². The Bertz CT molecular complexity index is 1080. The normalized spacial score (nSPS) is 11.3. The van der Waals surface area contributed by atoms with Crippen molar-refractivity contribution in [3.63, 3.8) is 0 Å². The number of hydrogen-bond donors (Lipinski definition) is 1. The van der Waals surface area contributed by atoms with Gasteiger partial charge in [0, 0.05) is 24.6 Å². The SMILES string of the molecule is COC(=O)CCCc1nc2n[nH]cc2c2nc(-c3ccc(C)cc3)nn12. The number of nitrogens with zero attached hydrogens (tertiary/aromatic N) is 5. The molecule has 1 N–H and O–H groups in total. The molecule has 0 amide bonds. The Balaban J connectivity index is 1.77. The summed E-state index contributed by atoms with van der Waals surface area (Å²) in [5.74, 6) is 1.12. The van der Waals surface area contributed by atoms with Gasteiger partial charge in [-0.3, -0.25) is 9.89 Å². The molecule has 0 aliphatic rings. The third-order valence-electron chi connectivity index (χ3n) is 4.27. The lowest BCUT2D eigenvalue weighted by molar-refractivity contribution is -0.140. The Kier molecular flexibility index (Phi) is 4.08. The van der Waals surface area contributed by atoms with Gasteiger partial charge in [-0.2, -0.15) is 9.61 Å². The number of carbonyl (C=O) groups excluding carboxylic acids is 1. The lowest BCUT2D eigenvalue weighted by Crippen LogP contribution is -2.06. The predicted octanol–water partition coefficient (Wildman–Crippen LogP) is 2.47. The molecule has 0 saturated heterocycles. The fraction of sp³-hybridized carbons (Fsp3) is 0.278. The van der Waals surface area contributed by atoms with Crippen LogP contribution in [0.4, 0.5) is 0 Å². The predicted molar refractivity (Wildman–Crippen MR) is 95.6 cm³/mol. The van der Waals surface area contributed by atoms with E-state index in [1.54, 1.807) is 10.7 Å². The van der Waals surface area contributed by atoms with E-state index >= 15 is 0 Å². The number of hydrogen-bond acceptors (Lipinski definition) is 6. The molecular weight excluding hydrogens is 332 g/mol. The van der Waals surface area contributed by atoms with E-state index < -0.39 is 0 Å². The first kappa shape index (κ1) is 16.2. The van der Waals surface area contributed by atoms with Crippen molar-refractivity contribution >= 4 is 22.6 Å². The van der Waals surface area contributed by atoms with Crippen LogP contribution in [-0.4, -0.2) is 42.9 Å². The van der Waals surface area contributed by atoms with Crippen LogP contribution in [0.2, 0.25) is 0 Å². The van der Waals surface area contributed by atoms with E-state index in [4.69, 9.17) is 9.72 Å². The molecule has 8 heteroatoms. The number of aromatic amines is 1. The van der Waals surface area contributed by atoms with Gasteiger partial charge in [-0.25, -0.2) is 9.97 Å². The average molecular weight is 350 g/mol. The van der Waals surface area contributed by atoms with Crippen LogP contribution in [-0.2, 0) is 16.0 Å². The molecule has 4 aromatic rings. The Labute approximate surface area is 149 Å². The molecule has 0 atom stereocenters. The fourth-order valence-corrected chi connectivity index (χ4v) is 2.85. The highest BCUT2D eigenvalue weighted by molar-refractivity contribution is 5.89. The van der Waals surface area contributed by atoms with Crippen LogP contribution in [0.5, 0.6) is 0 Å². The van der Waals surface area contributed by atoms with Crippen molar-refractivity contribution in [2.75, 3.05) is 7.11 Å². The lowest BCUT2D eigenvalue weighted by Gasteiger charge is -2.03. The topological polar surface area (TPSA) is 98.1 Å². The molecule has 1 aromatic carbocycles. The first-order chi connectivity index (χ1) is 12.7. The number of carbonyl (C=O) groups is 1. The third-order valence-corrected chi connectivity index (χ3v) is 4.27. The van der Waals surface area contributed by atoms with E-state index in [-0.39, 0.29) is 5.97 Å². The summed E-state index contributed by atoms with van der Waals surface area (Å²) < 4.78 is 6.43. The minimum Gasteiger partial charge on any atom is -0.469 e. The number of nitrogens with one attached hydrogen (secondary N) is 1. The third kappa shape index (κ3) is 2.90. The van der Waals surface area contributed by atoms with Gasteiger partial charge in [0.25, 0.3) is 0 Å². The molecule has 26 heavy (non-hydrogen) atoms. The maximum atomic E-state index is 11.4. The van der Waals surface area contributed by atoms with Gasteiger partial charge in [0.05, 0.1) is 12.5 Å². The van der Waals surface area contributed by atoms with E-state index in [0.717, 1.165) is 16.8 Å². The van der Waals surface area contributed by atoms with Gasteiger partial charge in [-0.1, -0.05) is 29.8 Å². The minimum atomic E-state index is -0.235. The van der Waals surface area contributed by atoms with Crippen molar-refractivity contribution < 1.29 is 9.53 Å². The number of aromatic nitrogens is 6. The lowest BCUT2D eigenvalue weighted by atomic mass is 10.1. The number of benzene rings is 1. The second kappa shape index (κ2) is 6.55. The highest BCUT2D eigenvalue weighted by Gasteiger charge is 2.16. The van der Waals surface area contributed by atoms with Crippen molar-refractivity contribution in [2.24, 2.45) is 0 Å².